The molecular formula is C12H24N2O4. The Balaban J connectivity index is 4.46. The monoisotopic (exact) mass is 260 g/mol. The standard InChI is InChI=1S/C12H24N2O4/c1-9(2)7-14(6-5-11(15)18-4)12(16)10(13)8-17-3/h9-10H,5-8,13H2,1-4H3. The molecule has 0 rings (SSSR count). The fourth-order valence-electron chi connectivity index (χ4n) is 1.55. The van der Waals surface area contributed by atoms with Gasteiger partial charge in [0.05, 0.1) is 20.1 Å². The average Bonchev–Trinajstić information content (AvgIpc) is 2.32. The maximum Gasteiger partial charge on any atom is 0.307 e. The maximum atomic E-state index is 12.0. The van der Waals surface area contributed by atoms with Crippen LogP contribution in [0.25, 0.3) is 0 Å². The molecule has 1 amide bonds. The normalized spacial score (nSPS) is 12.3. The topological polar surface area (TPSA) is 81.9 Å². The fraction of sp³-hybridized carbons (Fsp3) is 0.833. The Labute approximate surface area is 108 Å². The van der Waals surface area contributed by atoms with Gasteiger partial charge in [0, 0.05) is 20.2 Å². The first-order valence-corrected chi connectivity index (χ1v) is 6.02. The zero-order valence-corrected chi connectivity index (χ0v) is 11.6. The summed E-state index contributed by atoms with van der Waals surface area (Å²) >= 11 is 0. The van der Waals surface area contributed by atoms with Crippen molar-refractivity contribution in [2.75, 3.05) is 33.9 Å². The van der Waals surface area contributed by atoms with Crippen molar-refractivity contribution in [1.29, 1.82) is 0 Å². The fourth-order valence-corrected chi connectivity index (χ4v) is 1.55. The van der Waals surface area contributed by atoms with E-state index in [2.05, 4.69) is 4.74 Å². The van der Waals surface area contributed by atoms with Crippen LogP contribution in [0, 0.1) is 5.92 Å². The van der Waals surface area contributed by atoms with Crippen molar-refractivity contribution in [1.82, 2.24) is 4.90 Å². The summed E-state index contributed by atoms with van der Waals surface area (Å²) in [7, 11) is 2.82. The summed E-state index contributed by atoms with van der Waals surface area (Å²) in [5.74, 6) is -0.229. The van der Waals surface area contributed by atoms with Crippen LogP contribution in [0.1, 0.15) is 20.3 Å². The Hall–Kier alpha value is -1.14. The lowest BCUT2D eigenvalue weighted by Crippen LogP contribution is -2.48. The van der Waals surface area contributed by atoms with Gasteiger partial charge in [-0.1, -0.05) is 13.8 Å². The molecule has 0 saturated carbocycles. The van der Waals surface area contributed by atoms with E-state index < -0.39 is 6.04 Å². The maximum absolute atomic E-state index is 12.0. The Morgan fingerprint density at radius 2 is 1.89 bits per heavy atom. The van der Waals surface area contributed by atoms with E-state index in [1.165, 1.54) is 14.2 Å². The van der Waals surface area contributed by atoms with E-state index in [-0.39, 0.29) is 24.9 Å². The van der Waals surface area contributed by atoms with E-state index in [9.17, 15) is 9.59 Å². The lowest BCUT2D eigenvalue weighted by molar-refractivity contribution is -0.142. The van der Waals surface area contributed by atoms with Gasteiger partial charge in [-0.05, 0) is 5.92 Å². The molecule has 1 atom stereocenters. The van der Waals surface area contributed by atoms with Crippen LogP contribution in [0.5, 0.6) is 0 Å². The highest BCUT2D eigenvalue weighted by atomic mass is 16.5. The Kier molecular flexibility index (Phi) is 8.32. The van der Waals surface area contributed by atoms with Crippen LogP contribution in [0.15, 0.2) is 0 Å². The molecule has 0 spiro atoms. The highest BCUT2D eigenvalue weighted by molar-refractivity contribution is 5.82. The zero-order valence-electron chi connectivity index (χ0n) is 11.6. The number of amides is 1. The van der Waals surface area contributed by atoms with Gasteiger partial charge in [0.25, 0.3) is 0 Å². The number of hydrogen-bond donors (Lipinski definition) is 1. The van der Waals surface area contributed by atoms with Gasteiger partial charge in [-0.25, -0.2) is 0 Å². The molecule has 18 heavy (non-hydrogen) atoms. The molecule has 1 unspecified atom stereocenters. The number of carbonyl (C=O) groups excluding carboxylic acids is 2. The zero-order chi connectivity index (χ0) is 14.1. The van der Waals surface area contributed by atoms with Crippen molar-refractivity contribution in [2.24, 2.45) is 11.7 Å². The van der Waals surface area contributed by atoms with Gasteiger partial charge in [0.1, 0.15) is 6.04 Å². The highest BCUT2D eigenvalue weighted by Gasteiger charge is 2.22. The van der Waals surface area contributed by atoms with Gasteiger partial charge in [-0.3, -0.25) is 9.59 Å². The molecule has 0 heterocycles. The molecule has 0 aliphatic heterocycles. The number of rotatable bonds is 8. The Bertz CT molecular complexity index is 269. The summed E-state index contributed by atoms with van der Waals surface area (Å²) in [5, 5.41) is 0. The van der Waals surface area contributed by atoms with Crippen LogP contribution in [0.4, 0.5) is 0 Å². The van der Waals surface area contributed by atoms with Gasteiger partial charge < -0.3 is 20.1 Å². The SMILES string of the molecule is COCC(N)C(=O)N(CCC(=O)OC)CC(C)C. The summed E-state index contributed by atoms with van der Waals surface area (Å²) < 4.78 is 9.42. The van der Waals surface area contributed by atoms with Crippen molar-refractivity contribution in [3.05, 3.63) is 0 Å². The molecule has 106 valence electrons. The minimum atomic E-state index is -0.689. The first kappa shape index (κ1) is 16.9. The second kappa shape index (κ2) is 8.88. The predicted octanol–water partition coefficient (Wildman–Crippen LogP) is 0.00780. The predicted molar refractivity (Wildman–Crippen MR) is 67.9 cm³/mol. The number of methoxy groups -OCH3 is 2. The first-order valence-electron chi connectivity index (χ1n) is 6.02. The van der Waals surface area contributed by atoms with Gasteiger partial charge in [-0.2, -0.15) is 0 Å². The van der Waals surface area contributed by atoms with Gasteiger partial charge in [0.2, 0.25) is 5.91 Å². The van der Waals surface area contributed by atoms with Crippen LogP contribution in [0.3, 0.4) is 0 Å². The third kappa shape index (κ3) is 6.56. The lowest BCUT2D eigenvalue weighted by Gasteiger charge is -2.26. The molecular weight excluding hydrogens is 236 g/mol. The molecule has 0 aromatic heterocycles. The summed E-state index contributed by atoms with van der Waals surface area (Å²) in [6.07, 6.45) is 0.175. The number of ether oxygens (including phenoxy) is 2. The number of nitrogens with zero attached hydrogens (tertiary/aromatic N) is 1. The molecule has 0 saturated heterocycles. The van der Waals surface area contributed by atoms with Crippen LogP contribution >= 0.6 is 0 Å². The quantitative estimate of drug-likeness (QED) is 0.622. The van der Waals surface area contributed by atoms with E-state index in [0.717, 1.165) is 0 Å². The number of hydrogen-bond acceptors (Lipinski definition) is 5. The molecule has 0 aliphatic carbocycles. The molecule has 0 aromatic carbocycles. The van der Waals surface area contributed by atoms with Crippen molar-refractivity contribution < 1.29 is 19.1 Å². The highest BCUT2D eigenvalue weighted by Crippen LogP contribution is 2.03. The molecule has 6 heteroatoms. The van der Waals surface area contributed by atoms with E-state index in [1.807, 2.05) is 13.8 Å². The lowest BCUT2D eigenvalue weighted by atomic mass is 10.1. The summed E-state index contributed by atoms with van der Waals surface area (Å²) in [4.78, 5) is 24.7. The van der Waals surface area contributed by atoms with Crippen molar-refractivity contribution in [2.45, 2.75) is 26.3 Å². The summed E-state index contributed by atoms with van der Waals surface area (Å²) in [6.45, 7) is 5.06. The second-order valence-electron chi connectivity index (χ2n) is 4.57. The Morgan fingerprint density at radius 1 is 1.28 bits per heavy atom. The number of carbonyl (C=O) groups is 2. The van der Waals surface area contributed by atoms with Crippen molar-refractivity contribution >= 4 is 11.9 Å². The van der Waals surface area contributed by atoms with E-state index in [0.29, 0.717) is 19.0 Å². The van der Waals surface area contributed by atoms with E-state index in [4.69, 9.17) is 10.5 Å². The molecule has 0 bridgehead atoms. The van der Waals surface area contributed by atoms with Gasteiger partial charge in [-0.15, -0.1) is 0 Å². The van der Waals surface area contributed by atoms with Crippen molar-refractivity contribution in [3.8, 4) is 0 Å². The van der Waals surface area contributed by atoms with Gasteiger partial charge in [0.15, 0.2) is 0 Å². The minimum Gasteiger partial charge on any atom is -0.469 e. The molecule has 0 aromatic rings. The third-order valence-corrected chi connectivity index (χ3v) is 2.37. The summed E-state index contributed by atoms with van der Waals surface area (Å²) in [5.41, 5.74) is 5.71. The molecule has 0 aliphatic rings. The smallest absolute Gasteiger partial charge is 0.307 e. The van der Waals surface area contributed by atoms with Crippen molar-refractivity contribution in [3.63, 3.8) is 0 Å². The van der Waals surface area contributed by atoms with E-state index in [1.54, 1.807) is 4.90 Å². The number of esters is 1. The third-order valence-electron chi connectivity index (χ3n) is 2.37. The minimum absolute atomic E-state index is 0.172. The summed E-state index contributed by atoms with van der Waals surface area (Å²) in [6, 6.07) is -0.689. The van der Waals surface area contributed by atoms with Crippen LogP contribution < -0.4 is 5.73 Å². The molecule has 0 radical (unpaired) electrons. The average molecular weight is 260 g/mol. The van der Waals surface area contributed by atoms with Crippen LogP contribution in [-0.4, -0.2) is 56.7 Å². The first-order chi connectivity index (χ1) is 8.42. The largest absolute Gasteiger partial charge is 0.469 e. The molecule has 0 fully saturated rings. The Morgan fingerprint density at radius 3 is 2.33 bits per heavy atom. The molecule has 2 N–H and O–H groups in total. The van der Waals surface area contributed by atoms with Crippen LogP contribution in [0.2, 0.25) is 0 Å². The number of nitrogens with two attached hydrogens (primary N) is 1. The second-order valence-corrected chi connectivity index (χ2v) is 4.57. The van der Waals surface area contributed by atoms with Crippen LogP contribution in [-0.2, 0) is 19.1 Å². The van der Waals surface area contributed by atoms with Gasteiger partial charge >= 0.3 is 5.97 Å². The molecule has 6 nitrogen and oxygen atoms in total. The van der Waals surface area contributed by atoms with E-state index >= 15 is 0 Å².